The van der Waals surface area contributed by atoms with E-state index >= 15 is 0 Å². The van der Waals surface area contributed by atoms with Crippen molar-refractivity contribution in [2.24, 2.45) is 0 Å². The summed E-state index contributed by atoms with van der Waals surface area (Å²) in [5, 5.41) is 0. The van der Waals surface area contributed by atoms with Gasteiger partial charge in [-0.25, -0.2) is 14.6 Å². The maximum absolute atomic E-state index is 12.4. The maximum Gasteiger partial charge on any atom is 0.410 e. The fraction of sp³-hybridized carbons (Fsp3) is 0.500. The van der Waals surface area contributed by atoms with E-state index in [0.717, 1.165) is 17.5 Å². The molecule has 1 heterocycles. The molecule has 0 aliphatic heterocycles. The molecule has 0 saturated carbocycles. The van der Waals surface area contributed by atoms with Crippen LogP contribution in [0.25, 0.3) is 11.0 Å². The van der Waals surface area contributed by atoms with E-state index < -0.39 is 11.6 Å². The van der Waals surface area contributed by atoms with Gasteiger partial charge in [-0.3, -0.25) is 0 Å². The van der Waals surface area contributed by atoms with Gasteiger partial charge in [-0.15, -0.1) is 0 Å². The Labute approximate surface area is 147 Å². The topological polar surface area (TPSA) is 84.5 Å². The lowest BCUT2D eigenvalue weighted by atomic mass is 10.2. The summed E-state index contributed by atoms with van der Waals surface area (Å²) >= 11 is 0. The number of methoxy groups -OCH3 is 1. The highest BCUT2D eigenvalue weighted by Gasteiger charge is 2.22. The number of aromatic amines is 1. The van der Waals surface area contributed by atoms with Crippen LogP contribution in [-0.4, -0.2) is 46.2 Å². The van der Waals surface area contributed by atoms with Gasteiger partial charge in [0.2, 0.25) is 0 Å². The van der Waals surface area contributed by atoms with E-state index in [1.165, 1.54) is 7.11 Å². The zero-order valence-corrected chi connectivity index (χ0v) is 15.4. The van der Waals surface area contributed by atoms with E-state index in [4.69, 9.17) is 9.47 Å². The molecule has 0 fully saturated rings. The predicted octanol–water partition coefficient (Wildman–Crippen LogP) is 3.50. The van der Waals surface area contributed by atoms with Gasteiger partial charge in [0.15, 0.2) is 0 Å². The van der Waals surface area contributed by atoms with Gasteiger partial charge in [0.25, 0.3) is 0 Å². The normalized spacial score (nSPS) is 11.4. The van der Waals surface area contributed by atoms with Gasteiger partial charge < -0.3 is 19.4 Å². The number of H-pyrrole nitrogens is 1. The quantitative estimate of drug-likeness (QED) is 0.837. The van der Waals surface area contributed by atoms with Gasteiger partial charge in [-0.1, -0.05) is 6.92 Å². The second-order valence-electron chi connectivity index (χ2n) is 6.81. The van der Waals surface area contributed by atoms with Gasteiger partial charge in [0.05, 0.1) is 30.3 Å². The average molecular weight is 347 g/mol. The molecule has 7 heteroatoms. The van der Waals surface area contributed by atoms with Crippen molar-refractivity contribution in [3.63, 3.8) is 0 Å². The molecule has 0 bridgehead atoms. The molecule has 1 N–H and O–H groups in total. The Hall–Kier alpha value is -2.57. The number of imidazole rings is 1. The van der Waals surface area contributed by atoms with Crippen molar-refractivity contribution in [1.82, 2.24) is 14.9 Å². The van der Waals surface area contributed by atoms with Crippen LogP contribution in [0.5, 0.6) is 0 Å². The molecule has 1 amide bonds. The molecule has 0 radical (unpaired) electrons. The number of esters is 1. The summed E-state index contributed by atoms with van der Waals surface area (Å²) in [6.07, 6.45) is 0.441. The second kappa shape index (κ2) is 7.55. The molecule has 25 heavy (non-hydrogen) atoms. The summed E-state index contributed by atoms with van der Waals surface area (Å²) in [5.74, 6) is 0.232. The number of hydrogen-bond donors (Lipinski definition) is 1. The third kappa shape index (κ3) is 4.95. The van der Waals surface area contributed by atoms with Crippen molar-refractivity contribution in [3.05, 3.63) is 29.6 Å². The van der Waals surface area contributed by atoms with Gasteiger partial charge in [0, 0.05) is 6.54 Å². The zero-order valence-electron chi connectivity index (χ0n) is 15.4. The number of nitrogens with one attached hydrogen (secondary N) is 1. The van der Waals surface area contributed by atoms with E-state index in [9.17, 15) is 9.59 Å². The van der Waals surface area contributed by atoms with Crippen LogP contribution in [0.15, 0.2) is 18.2 Å². The number of amides is 1. The number of hydrogen-bond acceptors (Lipinski definition) is 5. The summed E-state index contributed by atoms with van der Waals surface area (Å²) in [5.41, 5.74) is 1.34. The number of aromatic nitrogens is 2. The fourth-order valence-electron chi connectivity index (χ4n) is 2.39. The minimum absolute atomic E-state index is 0.311. The van der Waals surface area contributed by atoms with Crippen LogP contribution in [0.3, 0.4) is 0 Å². The minimum atomic E-state index is -0.549. The second-order valence-corrected chi connectivity index (χ2v) is 6.81. The molecule has 2 aromatic rings. The molecule has 2 rings (SSSR count). The minimum Gasteiger partial charge on any atom is -0.465 e. The van der Waals surface area contributed by atoms with Gasteiger partial charge in [0.1, 0.15) is 11.4 Å². The summed E-state index contributed by atoms with van der Waals surface area (Å²) in [6.45, 7) is 8.39. The van der Waals surface area contributed by atoms with Crippen molar-refractivity contribution < 1.29 is 19.1 Å². The first-order chi connectivity index (χ1) is 11.7. The number of ether oxygens (including phenoxy) is 2. The molecule has 0 atom stereocenters. The highest BCUT2D eigenvalue weighted by atomic mass is 16.6. The van der Waals surface area contributed by atoms with Crippen molar-refractivity contribution in [2.45, 2.75) is 46.3 Å². The average Bonchev–Trinajstić information content (AvgIpc) is 2.93. The van der Waals surface area contributed by atoms with Crippen LogP contribution in [0, 0.1) is 0 Å². The fourth-order valence-corrected chi connectivity index (χ4v) is 2.39. The van der Waals surface area contributed by atoms with Crippen LogP contribution < -0.4 is 0 Å². The number of carbonyl (C=O) groups excluding carboxylic acids is 2. The highest BCUT2D eigenvalue weighted by Crippen LogP contribution is 2.17. The Balaban J connectivity index is 2.21. The van der Waals surface area contributed by atoms with Crippen LogP contribution >= 0.6 is 0 Å². The first-order valence-corrected chi connectivity index (χ1v) is 8.28. The van der Waals surface area contributed by atoms with Gasteiger partial charge in [-0.2, -0.15) is 0 Å². The molecule has 0 aliphatic carbocycles. The predicted molar refractivity (Wildman–Crippen MR) is 94.4 cm³/mol. The van der Waals surface area contributed by atoms with Gasteiger partial charge in [-0.05, 0) is 45.4 Å². The van der Waals surface area contributed by atoms with E-state index in [1.807, 2.05) is 27.7 Å². The molecule has 0 unspecified atom stereocenters. The van der Waals surface area contributed by atoms with Crippen molar-refractivity contribution in [3.8, 4) is 0 Å². The van der Waals surface area contributed by atoms with Crippen LogP contribution in [0.4, 0.5) is 4.79 Å². The van der Waals surface area contributed by atoms with E-state index in [0.29, 0.717) is 24.5 Å². The maximum atomic E-state index is 12.4. The van der Waals surface area contributed by atoms with Crippen LogP contribution in [0.2, 0.25) is 0 Å². The SMILES string of the molecule is CCCN(Cc1nc2ccc(C(=O)OC)cc2[nH]1)C(=O)OC(C)(C)C. The first kappa shape index (κ1) is 18.8. The molecule has 0 spiro atoms. The van der Waals surface area contributed by atoms with Crippen LogP contribution in [0.1, 0.15) is 50.3 Å². The van der Waals surface area contributed by atoms with Crippen LogP contribution in [-0.2, 0) is 16.0 Å². The number of nitrogens with zero attached hydrogens (tertiary/aromatic N) is 2. The smallest absolute Gasteiger partial charge is 0.410 e. The van der Waals surface area contributed by atoms with Crippen molar-refractivity contribution in [1.29, 1.82) is 0 Å². The lowest BCUT2D eigenvalue weighted by Crippen LogP contribution is -2.37. The number of carbonyl (C=O) groups is 2. The van der Waals surface area contributed by atoms with E-state index in [1.54, 1.807) is 23.1 Å². The molecular weight excluding hydrogens is 322 g/mol. The Bertz CT molecular complexity index is 761. The molecule has 1 aromatic carbocycles. The first-order valence-electron chi connectivity index (χ1n) is 8.28. The third-order valence-electron chi connectivity index (χ3n) is 3.44. The number of benzene rings is 1. The zero-order chi connectivity index (χ0) is 18.6. The Morgan fingerprint density at radius 1 is 1.28 bits per heavy atom. The number of rotatable bonds is 5. The van der Waals surface area contributed by atoms with Gasteiger partial charge >= 0.3 is 12.1 Å². The summed E-state index contributed by atoms with van der Waals surface area (Å²) < 4.78 is 10.2. The Morgan fingerprint density at radius 3 is 2.60 bits per heavy atom. The number of fused-ring (bicyclic) bond motifs is 1. The van der Waals surface area contributed by atoms with E-state index in [-0.39, 0.29) is 6.09 Å². The lowest BCUT2D eigenvalue weighted by molar-refractivity contribution is 0.0229. The van der Waals surface area contributed by atoms with E-state index in [2.05, 4.69) is 9.97 Å². The molecule has 7 nitrogen and oxygen atoms in total. The van der Waals surface area contributed by atoms with Crippen molar-refractivity contribution in [2.75, 3.05) is 13.7 Å². The standard InChI is InChI=1S/C18H25N3O4/c1-6-9-21(17(23)25-18(2,3)4)11-15-19-13-8-7-12(16(22)24-5)10-14(13)20-15/h7-8,10H,6,9,11H2,1-5H3,(H,19,20). The molecular formula is C18H25N3O4. The summed E-state index contributed by atoms with van der Waals surface area (Å²) in [4.78, 5) is 33.2. The molecule has 1 aromatic heterocycles. The third-order valence-corrected chi connectivity index (χ3v) is 3.44. The lowest BCUT2D eigenvalue weighted by Gasteiger charge is -2.26. The van der Waals surface area contributed by atoms with Crippen molar-refractivity contribution >= 4 is 23.1 Å². The molecule has 0 saturated heterocycles. The Morgan fingerprint density at radius 2 is 2.00 bits per heavy atom. The highest BCUT2D eigenvalue weighted by molar-refractivity contribution is 5.93. The summed E-state index contributed by atoms with van der Waals surface area (Å²) in [7, 11) is 1.34. The molecule has 136 valence electrons. The Kier molecular flexibility index (Phi) is 5.66. The summed E-state index contributed by atoms with van der Waals surface area (Å²) in [6, 6.07) is 5.10. The molecule has 0 aliphatic rings. The monoisotopic (exact) mass is 347 g/mol. The largest absolute Gasteiger partial charge is 0.465 e.